The summed E-state index contributed by atoms with van der Waals surface area (Å²) in [6, 6.07) is 5.63. The zero-order chi connectivity index (χ0) is 29.5. The summed E-state index contributed by atoms with van der Waals surface area (Å²) < 4.78 is 5.69. The van der Waals surface area contributed by atoms with Crippen molar-refractivity contribution in [3.8, 4) is 5.75 Å². The van der Waals surface area contributed by atoms with Gasteiger partial charge in [-0.25, -0.2) is 0 Å². The minimum atomic E-state index is -0.875. The van der Waals surface area contributed by atoms with Crippen molar-refractivity contribution in [2.45, 2.75) is 77.4 Å². The zero-order valence-corrected chi connectivity index (χ0v) is 24.2. The fourth-order valence-corrected chi connectivity index (χ4v) is 6.10. The monoisotopic (exact) mass is 566 g/mol. The van der Waals surface area contributed by atoms with Crippen LogP contribution in [0.3, 0.4) is 0 Å². The van der Waals surface area contributed by atoms with Crippen LogP contribution in [0.15, 0.2) is 29.8 Å². The first-order valence-corrected chi connectivity index (χ1v) is 14.7. The van der Waals surface area contributed by atoms with E-state index in [2.05, 4.69) is 22.9 Å². The quantitative estimate of drug-likeness (QED) is 0.352. The highest BCUT2D eigenvalue weighted by Crippen LogP contribution is 2.31. The van der Waals surface area contributed by atoms with E-state index in [0.29, 0.717) is 24.3 Å². The Morgan fingerprint density at radius 2 is 1.90 bits per heavy atom. The molecule has 3 aliphatic rings. The van der Waals surface area contributed by atoms with Crippen LogP contribution in [-0.2, 0) is 24.0 Å². The number of hydrogen-bond donors (Lipinski definition) is 3. The van der Waals surface area contributed by atoms with Crippen molar-refractivity contribution in [3.05, 3.63) is 35.4 Å². The van der Waals surface area contributed by atoms with Crippen molar-refractivity contribution in [2.24, 2.45) is 17.8 Å². The van der Waals surface area contributed by atoms with Crippen LogP contribution in [0.1, 0.15) is 64.9 Å². The van der Waals surface area contributed by atoms with Gasteiger partial charge in [0.1, 0.15) is 24.7 Å². The maximum atomic E-state index is 13.7. The highest BCUT2D eigenvalue weighted by Gasteiger charge is 2.38. The van der Waals surface area contributed by atoms with Gasteiger partial charge in [0, 0.05) is 24.1 Å². The average Bonchev–Trinajstić information content (AvgIpc) is 3.38. The van der Waals surface area contributed by atoms with E-state index in [4.69, 9.17) is 4.74 Å². The molecule has 10 heteroatoms. The van der Waals surface area contributed by atoms with Gasteiger partial charge >= 0.3 is 0 Å². The third-order valence-corrected chi connectivity index (χ3v) is 8.49. The largest absolute Gasteiger partial charge is 0.488 e. The van der Waals surface area contributed by atoms with Crippen molar-refractivity contribution in [1.29, 1.82) is 0 Å². The Morgan fingerprint density at radius 1 is 1.15 bits per heavy atom. The lowest BCUT2D eigenvalue weighted by molar-refractivity contribution is -0.143. The molecule has 1 aliphatic carbocycles. The minimum Gasteiger partial charge on any atom is -0.488 e. The van der Waals surface area contributed by atoms with Crippen molar-refractivity contribution in [2.75, 3.05) is 19.7 Å². The third-order valence-electron chi connectivity index (χ3n) is 8.49. The average molecular weight is 567 g/mol. The SMILES string of the molecule is CC1CCCCC1N(C(=O)CNC(=O)[C@@H](NC(=O)C1=Cc2ccccc2OC1)C(C)C)[C@H](C=O)C[C@@H]1CCNC1=O. The maximum Gasteiger partial charge on any atom is 0.251 e. The molecule has 0 aromatic heterocycles. The second-order valence-corrected chi connectivity index (χ2v) is 11.8. The van der Waals surface area contributed by atoms with Crippen molar-refractivity contribution in [3.63, 3.8) is 0 Å². The Morgan fingerprint density at radius 3 is 2.59 bits per heavy atom. The van der Waals surface area contributed by atoms with E-state index in [1.165, 1.54) is 0 Å². The Balaban J connectivity index is 1.43. The first kappa shape index (κ1) is 30.3. The molecule has 1 aromatic carbocycles. The lowest BCUT2D eigenvalue weighted by Crippen LogP contribution is -2.56. The van der Waals surface area contributed by atoms with E-state index in [1.807, 2.05) is 38.1 Å². The lowest BCUT2D eigenvalue weighted by atomic mass is 9.83. The molecule has 2 unspecified atom stereocenters. The van der Waals surface area contributed by atoms with Crippen LogP contribution < -0.4 is 20.7 Å². The van der Waals surface area contributed by atoms with Gasteiger partial charge in [0.2, 0.25) is 17.7 Å². The molecule has 2 fully saturated rings. The standard InChI is InChI=1S/C31H42N4O6/c1-19(2)28(34-30(39)23-14-21-9-5-7-11-26(21)41-18-23)31(40)33-16-27(37)35(25-10-6-4-8-20(25)3)24(17-36)15-22-12-13-32-29(22)38/h5,7,9,11,14,17,19-20,22,24-25,28H,4,6,8,10,12-13,15-16,18H2,1-3H3,(H,32,38)(H,33,40)(H,34,39)/t20?,22-,24-,25?,28-/m0/s1. The number of rotatable bonds is 11. The molecule has 5 atom stereocenters. The molecule has 222 valence electrons. The van der Waals surface area contributed by atoms with Crippen LogP contribution in [0, 0.1) is 17.8 Å². The second kappa shape index (κ2) is 13.8. The van der Waals surface area contributed by atoms with Gasteiger partial charge in [-0.3, -0.25) is 19.2 Å². The highest BCUT2D eigenvalue weighted by atomic mass is 16.5. The van der Waals surface area contributed by atoms with Gasteiger partial charge in [0.25, 0.3) is 5.91 Å². The number of fused-ring (bicyclic) bond motifs is 1. The van der Waals surface area contributed by atoms with E-state index >= 15 is 0 Å². The summed E-state index contributed by atoms with van der Waals surface area (Å²) in [6.45, 7) is 6.07. The molecular formula is C31H42N4O6. The summed E-state index contributed by atoms with van der Waals surface area (Å²) in [5.74, 6) is -1.01. The van der Waals surface area contributed by atoms with Crippen LogP contribution in [-0.4, -0.2) is 72.6 Å². The van der Waals surface area contributed by atoms with E-state index in [0.717, 1.165) is 37.5 Å². The summed E-state index contributed by atoms with van der Waals surface area (Å²) in [5.41, 5.74) is 1.19. The Bertz CT molecular complexity index is 1180. The van der Waals surface area contributed by atoms with Crippen molar-refractivity contribution < 1.29 is 28.7 Å². The van der Waals surface area contributed by atoms with Gasteiger partial charge in [0.05, 0.1) is 18.2 Å². The number of amides is 4. The van der Waals surface area contributed by atoms with Crippen LogP contribution in [0.25, 0.3) is 6.08 Å². The third kappa shape index (κ3) is 7.34. The summed E-state index contributed by atoms with van der Waals surface area (Å²) in [4.78, 5) is 66.1. The van der Waals surface area contributed by atoms with Gasteiger partial charge in [-0.15, -0.1) is 0 Å². The van der Waals surface area contributed by atoms with E-state index < -0.39 is 23.9 Å². The molecule has 4 amide bonds. The lowest BCUT2D eigenvalue weighted by Gasteiger charge is -2.42. The number of carbonyl (C=O) groups is 5. The van der Waals surface area contributed by atoms with Crippen LogP contribution >= 0.6 is 0 Å². The van der Waals surface area contributed by atoms with Gasteiger partial charge < -0.3 is 30.4 Å². The van der Waals surface area contributed by atoms with Gasteiger partial charge in [-0.1, -0.05) is 51.8 Å². The Kier molecular flexibility index (Phi) is 10.2. The van der Waals surface area contributed by atoms with Gasteiger partial charge in [0.15, 0.2) is 0 Å². The number of benzene rings is 1. The van der Waals surface area contributed by atoms with Crippen LogP contribution in [0.5, 0.6) is 5.75 Å². The smallest absolute Gasteiger partial charge is 0.251 e. The molecule has 0 radical (unpaired) electrons. The van der Waals surface area contributed by atoms with Gasteiger partial charge in [-0.05, 0) is 49.7 Å². The number of aldehydes is 1. The molecular weight excluding hydrogens is 524 g/mol. The topological polar surface area (TPSA) is 134 Å². The molecule has 1 saturated carbocycles. The summed E-state index contributed by atoms with van der Waals surface area (Å²) in [7, 11) is 0. The molecule has 1 saturated heterocycles. The predicted octanol–water partition coefficient (Wildman–Crippen LogP) is 2.22. The first-order valence-electron chi connectivity index (χ1n) is 14.7. The fourth-order valence-electron chi connectivity index (χ4n) is 6.10. The molecule has 10 nitrogen and oxygen atoms in total. The molecule has 0 bridgehead atoms. The minimum absolute atomic E-state index is 0.0910. The molecule has 3 N–H and O–H groups in total. The molecule has 1 aromatic rings. The van der Waals surface area contributed by atoms with E-state index in [9.17, 15) is 24.0 Å². The summed E-state index contributed by atoms with van der Waals surface area (Å²) >= 11 is 0. The van der Waals surface area contributed by atoms with E-state index in [1.54, 1.807) is 11.0 Å². The number of nitrogens with one attached hydrogen (secondary N) is 3. The number of hydrogen-bond acceptors (Lipinski definition) is 6. The number of para-hydroxylation sites is 1. The highest BCUT2D eigenvalue weighted by molar-refractivity contribution is 6.01. The van der Waals surface area contributed by atoms with Crippen LogP contribution in [0.4, 0.5) is 0 Å². The first-order chi connectivity index (χ1) is 19.7. The second-order valence-electron chi connectivity index (χ2n) is 11.8. The Hall–Kier alpha value is -3.69. The maximum absolute atomic E-state index is 13.7. The fraction of sp³-hybridized carbons (Fsp3) is 0.581. The predicted molar refractivity (Wildman–Crippen MR) is 154 cm³/mol. The normalized spacial score (nSPS) is 23.3. The molecule has 0 spiro atoms. The Labute approximate surface area is 241 Å². The number of carbonyl (C=O) groups excluding carboxylic acids is 5. The molecule has 2 heterocycles. The molecule has 4 rings (SSSR count). The summed E-state index contributed by atoms with van der Waals surface area (Å²) in [5, 5.41) is 8.32. The zero-order valence-electron chi connectivity index (χ0n) is 24.2. The molecule has 2 aliphatic heterocycles. The molecule has 41 heavy (non-hydrogen) atoms. The number of nitrogens with zero attached hydrogens (tertiary/aromatic N) is 1. The van der Waals surface area contributed by atoms with E-state index in [-0.39, 0.29) is 55.2 Å². The van der Waals surface area contributed by atoms with Crippen molar-refractivity contribution >= 4 is 36.0 Å². The van der Waals surface area contributed by atoms with Crippen LogP contribution in [0.2, 0.25) is 0 Å². The summed E-state index contributed by atoms with van der Waals surface area (Å²) in [6.07, 6.45) is 7.15. The van der Waals surface area contributed by atoms with Crippen molar-refractivity contribution in [1.82, 2.24) is 20.9 Å². The number of ether oxygens (including phenoxy) is 1. The van der Waals surface area contributed by atoms with Gasteiger partial charge in [-0.2, -0.15) is 0 Å².